The molecule has 0 spiro atoms. The molecule has 0 saturated heterocycles. The third-order valence-electron chi connectivity index (χ3n) is 3.08. The predicted molar refractivity (Wildman–Crippen MR) is 74.5 cm³/mol. The number of nitrogens with two attached hydrogens (primary N) is 1. The normalized spacial score (nSPS) is 10.5. The molecule has 0 aliphatic carbocycles. The summed E-state index contributed by atoms with van der Waals surface area (Å²) < 4.78 is 2.02. The summed E-state index contributed by atoms with van der Waals surface area (Å²) in [5.41, 5.74) is 10.5. The van der Waals surface area contributed by atoms with Crippen molar-refractivity contribution < 1.29 is 0 Å². The Morgan fingerprint density at radius 1 is 1.26 bits per heavy atom. The third-order valence-corrected chi connectivity index (χ3v) is 3.08. The van der Waals surface area contributed by atoms with Gasteiger partial charge in [-0.15, -0.1) is 0 Å². The van der Waals surface area contributed by atoms with Crippen LogP contribution in [0.3, 0.4) is 0 Å². The van der Waals surface area contributed by atoms with Crippen molar-refractivity contribution in [1.29, 1.82) is 5.26 Å². The lowest BCUT2D eigenvalue weighted by molar-refractivity contribution is 1.19. The van der Waals surface area contributed by atoms with Crippen LogP contribution in [0, 0.1) is 18.3 Å². The summed E-state index contributed by atoms with van der Waals surface area (Å²) in [6.07, 6.45) is 1.98. The number of nitriles is 1. The van der Waals surface area contributed by atoms with Crippen molar-refractivity contribution in [3.05, 3.63) is 53.9 Å². The van der Waals surface area contributed by atoms with Crippen molar-refractivity contribution in [2.45, 2.75) is 6.92 Å². The van der Waals surface area contributed by atoms with Gasteiger partial charge in [-0.2, -0.15) is 5.26 Å². The fraction of sp³-hybridized carbons (Fsp3) is 0.0667. The van der Waals surface area contributed by atoms with E-state index >= 15 is 0 Å². The highest BCUT2D eigenvalue weighted by atomic mass is 15.0. The number of aryl methyl sites for hydroxylation is 1. The number of fused-ring (bicyclic) bond motifs is 1. The number of benzene rings is 1. The Bertz CT molecular complexity index is 809. The maximum absolute atomic E-state index is 9.06. The van der Waals surface area contributed by atoms with Gasteiger partial charge < -0.3 is 5.73 Å². The highest BCUT2D eigenvalue weighted by Crippen LogP contribution is 2.24. The molecule has 0 atom stereocenters. The van der Waals surface area contributed by atoms with Crippen LogP contribution in [-0.2, 0) is 0 Å². The molecule has 0 bridgehead atoms. The number of anilines is 1. The molecule has 0 unspecified atom stereocenters. The minimum Gasteiger partial charge on any atom is -0.398 e. The maximum Gasteiger partial charge on any atom is 0.137 e. The van der Waals surface area contributed by atoms with Crippen molar-refractivity contribution in [2.24, 2.45) is 0 Å². The Labute approximate surface area is 110 Å². The van der Waals surface area contributed by atoms with Gasteiger partial charge in [-0.3, -0.25) is 4.40 Å². The van der Waals surface area contributed by atoms with Gasteiger partial charge in [0.05, 0.1) is 17.0 Å². The van der Waals surface area contributed by atoms with E-state index in [4.69, 9.17) is 11.0 Å². The summed E-state index contributed by atoms with van der Waals surface area (Å²) in [6, 6.07) is 13.5. The topological polar surface area (TPSA) is 67.1 Å². The van der Waals surface area contributed by atoms with E-state index in [-0.39, 0.29) is 0 Å². The molecule has 1 aromatic carbocycles. The molecule has 0 aliphatic rings. The monoisotopic (exact) mass is 248 g/mol. The van der Waals surface area contributed by atoms with Crippen LogP contribution < -0.4 is 5.73 Å². The van der Waals surface area contributed by atoms with E-state index in [0.29, 0.717) is 11.3 Å². The molecule has 0 saturated carbocycles. The van der Waals surface area contributed by atoms with E-state index in [2.05, 4.69) is 11.1 Å². The Morgan fingerprint density at radius 3 is 2.89 bits per heavy atom. The molecule has 0 aliphatic heterocycles. The largest absolute Gasteiger partial charge is 0.398 e. The Morgan fingerprint density at radius 2 is 2.11 bits per heavy atom. The summed E-state index contributed by atoms with van der Waals surface area (Å²) >= 11 is 0. The maximum atomic E-state index is 9.06. The van der Waals surface area contributed by atoms with Crippen LogP contribution in [-0.4, -0.2) is 9.38 Å². The lowest BCUT2D eigenvalue weighted by Crippen LogP contribution is -1.94. The van der Waals surface area contributed by atoms with E-state index in [0.717, 1.165) is 22.6 Å². The number of nitrogen functional groups attached to an aromatic ring is 1. The van der Waals surface area contributed by atoms with Gasteiger partial charge in [-0.1, -0.05) is 12.1 Å². The predicted octanol–water partition coefficient (Wildman–Crippen LogP) is 2.76. The van der Waals surface area contributed by atoms with E-state index in [1.807, 2.05) is 41.8 Å². The molecule has 0 radical (unpaired) electrons. The van der Waals surface area contributed by atoms with Crippen LogP contribution in [0.4, 0.5) is 5.69 Å². The summed E-state index contributed by atoms with van der Waals surface area (Å²) in [6.45, 7) is 1.96. The number of aromatic nitrogens is 2. The minimum atomic E-state index is 0.492. The van der Waals surface area contributed by atoms with Crippen molar-refractivity contribution in [2.75, 3.05) is 5.73 Å². The van der Waals surface area contributed by atoms with Crippen molar-refractivity contribution in [3.8, 4) is 17.3 Å². The number of pyridine rings is 1. The Hall–Kier alpha value is -2.80. The zero-order valence-corrected chi connectivity index (χ0v) is 10.5. The SMILES string of the molecule is Cc1cn2c(-c3ccc(N)c(C#N)c3)cccc2n1. The molecule has 92 valence electrons. The van der Waals surface area contributed by atoms with Crippen LogP contribution in [0.2, 0.25) is 0 Å². The van der Waals surface area contributed by atoms with Crippen LogP contribution >= 0.6 is 0 Å². The third kappa shape index (κ3) is 1.81. The van der Waals surface area contributed by atoms with Gasteiger partial charge in [0.25, 0.3) is 0 Å². The van der Waals surface area contributed by atoms with Crippen LogP contribution in [0.1, 0.15) is 11.3 Å². The van der Waals surface area contributed by atoms with E-state index in [9.17, 15) is 0 Å². The lowest BCUT2D eigenvalue weighted by Gasteiger charge is -2.07. The molecule has 4 nitrogen and oxygen atoms in total. The number of rotatable bonds is 1. The molecule has 0 amide bonds. The second-order valence-electron chi connectivity index (χ2n) is 4.44. The van der Waals surface area contributed by atoms with Gasteiger partial charge in [0, 0.05) is 11.9 Å². The second-order valence-corrected chi connectivity index (χ2v) is 4.44. The molecule has 2 N–H and O–H groups in total. The van der Waals surface area contributed by atoms with Crippen LogP contribution in [0.5, 0.6) is 0 Å². The quantitative estimate of drug-likeness (QED) is 0.673. The first-order valence-corrected chi connectivity index (χ1v) is 5.94. The average molecular weight is 248 g/mol. The summed E-state index contributed by atoms with van der Waals surface area (Å²) in [5.74, 6) is 0. The number of hydrogen-bond acceptors (Lipinski definition) is 3. The Kier molecular flexibility index (Phi) is 2.46. The van der Waals surface area contributed by atoms with Gasteiger partial charge in [0.2, 0.25) is 0 Å². The van der Waals surface area contributed by atoms with Gasteiger partial charge in [0.15, 0.2) is 0 Å². The highest BCUT2D eigenvalue weighted by Gasteiger charge is 2.07. The van der Waals surface area contributed by atoms with Crippen LogP contribution in [0.25, 0.3) is 16.9 Å². The van der Waals surface area contributed by atoms with Crippen molar-refractivity contribution >= 4 is 11.3 Å². The molecular weight excluding hydrogens is 236 g/mol. The number of nitrogens with zero attached hydrogens (tertiary/aromatic N) is 3. The van der Waals surface area contributed by atoms with E-state index < -0.39 is 0 Å². The van der Waals surface area contributed by atoms with Gasteiger partial charge in [0.1, 0.15) is 11.7 Å². The van der Waals surface area contributed by atoms with Crippen LogP contribution in [0.15, 0.2) is 42.6 Å². The second kappa shape index (κ2) is 4.14. The zero-order chi connectivity index (χ0) is 13.4. The standard InChI is InChI=1S/C15H12N4/c1-10-9-19-14(3-2-4-15(19)18-10)11-5-6-13(17)12(7-11)8-16/h2-7,9H,17H2,1H3. The fourth-order valence-electron chi connectivity index (χ4n) is 2.18. The van der Waals surface area contributed by atoms with E-state index in [1.54, 1.807) is 12.1 Å². The molecule has 3 aromatic rings. The highest BCUT2D eigenvalue weighted by molar-refractivity contribution is 5.69. The molecule has 3 rings (SSSR count). The molecule has 19 heavy (non-hydrogen) atoms. The summed E-state index contributed by atoms with van der Waals surface area (Å²) in [4.78, 5) is 4.43. The zero-order valence-electron chi connectivity index (χ0n) is 10.5. The lowest BCUT2D eigenvalue weighted by atomic mass is 10.1. The van der Waals surface area contributed by atoms with Gasteiger partial charge in [-0.05, 0) is 36.8 Å². The van der Waals surface area contributed by atoms with Gasteiger partial charge >= 0.3 is 0 Å². The van der Waals surface area contributed by atoms with Gasteiger partial charge in [-0.25, -0.2) is 4.98 Å². The van der Waals surface area contributed by atoms with Crippen molar-refractivity contribution in [1.82, 2.24) is 9.38 Å². The fourth-order valence-corrected chi connectivity index (χ4v) is 2.18. The average Bonchev–Trinajstić information content (AvgIpc) is 2.79. The Balaban J connectivity index is 2.27. The molecule has 2 aromatic heterocycles. The number of hydrogen-bond donors (Lipinski definition) is 1. The van der Waals surface area contributed by atoms with E-state index in [1.165, 1.54) is 0 Å². The molecular formula is C15H12N4. The molecule has 0 fully saturated rings. The summed E-state index contributed by atoms with van der Waals surface area (Å²) in [5, 5.41) is 9.06. The molecule has 4 heteroatoms. The number of imidazole rings is 1. The first-order chi connectivity index (χ1) is 9.19. The first-order valence-electron chi connectivity index (χ1n) is 5.94. The first kappa shape index (κ1) is 11.3. The molecule has 2 heterocycles. The smallest absolute Gasteiger partial charge is 0.137 e. The minimum absolute atomic E-state index is 0.492. The van der Waals surface area contributed by atoms with Crippen molar-refractivity contribution in [3.63, 3.8) is 0 Å². The summed E-state index contributed by atoms with van der Waals surface area (Å²) in [7, 11) is 0.